The Morgan fingerprint density at radius 2 is 2.27 bits per heavy atom. The second-order valence-corrected chi connectivity index (χ2v) is 5.91. The molecule has 6 nitrogen and oxygen atoms in total. The number of hydrogen-bond donors (Lipinski definition) is 1. The molecule has 1 N–H and O–H groups in total. The van der Waals surface area contributed by atoms with Crippen LogP contribution in [0.3, 0.4) is 0 Å². The second kappa shape index (κ2) is 5.87. The summed E-state index contributed by atoms with van der Waals surface area (Å²) in [6.45, 7) is 5.22. The molecule has 0 saturated carbocycles. The lowest BCUT2D eigenvalue weighted by molar-refractivity contribution is 0.181. The molecular formula is C16H22N4O2. The summed E-state index contributed by atoms with van der Waals surface area (Å²) in [7, 11) is 2.01. The fourth-order valence-electron chi connectivity index (χ4n) is 2.96. The fourth-order valence-corrected chi connectivity index (χ4v) is 2.96. The molecule has 2 amide bonds. The van der Waals surface area contributed by atoms with E-state index in [0.717, 1.165) is 36.5 Å². The Labute approximate surface area is 130 Å². The third-order valence-corrected chi connectivity index (χ3v) is 4.39. The number of aryl methyl sites for hydroxylation is 2. The standard InChI is InChI=1S/C16H22N4O2/c1-11-9-15(22-18-11)14-5-4-8-20(14)16(21)17-10-13-7-6-12(2)19(13)3/h6-7,9,14H,4-5,8,10H2,1-3H3,(H,17,21). The Morgan fingerprint density at radius 1 is 1.45 bits per heavy atom. The van der Waals surface area contributed by atoms with E-state index in [1.165, 1.54) is 5.69 Å². The molecule has 0 radical (unpaired) electrons. The van der Waals surface area contributed by atoms with E-state index in [1.54, 1.807) is 0 Å². The molecule has 1 atom stereocenters. The third-order valence-electron chi connectivity index (χ3n) is 4.39. The summed E-state index contributed by atoms with van der Waals surface area (Å²) in [5.74, 6) is 0.778. The van der Waals surface area contributed by atoms with Gasteiger partial charge in [0.15, 0.2) is 5.76 Å². The molecule has 3 rings (SSSR count). The highest BCUT2D eigenvalue weighted by atomic mass is 16.5. The maximum absolute atomic E-state index is 12.5. The van der Waals surface area contributed by atoms with Crippen molar-refractivity contribution in [2.24, 2.45) is 7.05 Å². The highest BCUT2D eigenvalue weighted by molar-refractivity contribution is 5.75. The predicted octanol–water partition coefficient (Wildman–Crippen LogP) is 2.68. The van der Waals surface area contributed by atoms with E-state index in [2.05, 4.69) is 21.1 Å². The molecule has 1 aliphatic rings. The van der Waals surface area contributed by atoms with E-state index >= 15 is 0 Å². The second-order valence-electron chi connectivity index (χ2n) is 5.91. The zero-order chi connectivity index (χ0) is 15.7. The SMILES string of the molecule is Cc1cc(C2CCCN2C(=O)NCc2ccc(C)n2C)on1. The van der Waals surface area contributed by atoms with E-state index in [4.69, 9.17) is 4.52 Å². The van der Waals surface area contributed by atoms with Crippen LogP contribution in [-0.4, -0.2) is 27.2 Å². The lowest BCUT2D eigenvalue weighted by Gasteiger charge is -2.23. The van der Waals surface area contributed by atoms with Crippen molar-refractivity contribution in [1.29, 1.82) is 0 Å². The Kier molecular flexibility index (Phi) is 3.92. The number of carbonyl (C=O) groups is 1. The zero-order valence-corrected chi connectivity index (χ0v) is 13.3. The van der Waals surface area contributed by atoms with Crippen LogP contribution in [0, 0.1) is 13.8 Å². The monoisotopic (exact) mass is 302 g/mol. The van der Waals surface area contributed by atoms with Gasteiger partial charge in [-0.05, 0) is 38.8 Å². The summed E-state index contributed by atoms with van der Waals surface area (Å²) in [6, 6.07) is 5.96. The van der Waals surface area contributed by atoms with Gasteiger partial charge in [-0.15, -0.1) is 0 Å². The van der Waals surface area contributed by atoms with Gasteiger partial charge in [-0.25, -0.2) is 4.79 Å². The van der Waals surface area contributed by atoms with E-state index < -0.39 is 0 Å². The van der Waals surface area contributed by atoms with Gasteiger partial charge in [0.05, 0.1) is 18.3 Å². The number of likely N-dealkylation sites (tertiary alicyclic amines) is 1. The van der Waals surface area contributed by atoms with E-state index in [0.29, 0.717) is 6.54 Å². The van der Waals surface area contributed by atoms with Crippen LogP contribution in [0.5, 0.6) is 0 Å². The normalized spacial score (nSPS) is 18.0. The molecule has 1 fully saturated rings. The highest BCUT2D eigenvalue weighted by Crippen LogP contribution is 2.32. The highest BCUT2D eigenvalue weighted by Gasteiger charge is 2.32. The van der Waals surface area contributed by atoms with Gasteiger partial charge in [-0.2, -0.15) is 0 Å². The first kappa shape index (κ1) is 14.7. The van der Waals surface area contributed by atoms with Gasteiger partial charge in [-0.1, -0.05) is 5.16 Å². The molecule has 6 heteroatoms. The number of nitrogens with zero attached hydrogens (tertiary/aromatic N) is 3. The Morgan fingerprint density at radius 3 is 2.91 bits per heavy atom. The number of nitrogens with one attached hydrogen (secondary N) is 1. The van der Waals surface area contributed by atoms with Gasteiger partial charge in [0.25, 0.3) is 0 Å². The molecule has 2 aromatic heterocycles. The first-order chi connectivity index (χ1) is 10.6. The minimum atomic E-state index is -0.0459. The Bertz CT molecular complexity index is 673. The van der Waals surface area contributed by atoms with Gasteiger partial charge in [0.2, 0.25) is 0 Å². The molecule has 118 valence electrons. The van der Waals surface area contributed by atoms with Gasteiger partial charge in [0.1, 0.15) is 0 Å². The molecule has 0 spiro atoms. The topological polar surface area (TPSA) is 63.3 Å². The van der Waals surface area contributed by atoms with Crippen molar-refractivity contribution < 1.29 is 9.32 Å². The maximum Gasteiger partial charge on any atom is 0.318 e. The molecule has 3 heterocycles. The van der Waals surface area contributed by atoms with Crippen LogP contribution in [0.15, 0.2) is 22.7 Å². The summed E-state index contributed by atoms with van der Waals surface area (Å²) in [6.07, 6.45) is 1.91. The van der Waals surface area contributed by atoms with Crippen LogP contribution in [-0.2, 0) is 13.6 Å². The number of rotatable bonds is 3. The Balaban J connectivity index is 1.65. The maximum atomic E-state index is 12.5. The first-order valence-electron chi connectivity index (χ1n) is 7.65. The minimum absolute atomic E-state index is 0.00338. The fraction of sp³-hybridized carbons (Fsp3) is 0.500. The molecule has 1 saturated heterocycles. The van der Waals surface area contributed by atoms with Gasteiger partial charge in [-0.3, -0.25) is 0 Å². The lowest BCUT2D eigenvalue weighted by atomic mass is 10.1. The number of amides is 2. The Hall–Kier alpha value is -2.24. The quantitative estimate of drug-likeness (QED) is 0.948. The molecule has 0 aliphatic carbocycles. The van der Waals surface area contributed by atoms with E-state index in [1.807, 2.05) is 37.9 Å². The van der Waals surface area contributed by atoms with Crippen LogP contribution in [0.4, 0.5) is 4.79 Å². The van der Waals surface area contributed by atoms with Crippen LogP contribution in [0.1, 0.15) is 41.7 Å². The van der Waals surface area contributed by atoms with Gasteiger partial charge in [0, 0.05) is 31.0 Å². The van der Waals surface area contributed by atoms with E-state index in [-0.39, 0.29) is 12.1 Å². The molecule has 2 aromatic rings. The lowest BCUT2D eigenvalue weighted by Crippen LogP contribution is -2.39. The van der Waals surface area contributed by atoms with Crippen LogP contribution in [0.25, 0.3) is 0 Å². The average molecular weight is 302 g/mol. The molecule has 1 aliphatic heterocycles. The number of hydrogen-bond acceptors (Lipinski definition) is 3. The summed E-state index contributed by atoms with van der Waals surface area (Å²) in [5.41, 5.74) is 3.12. The zero-order valence-electron chi connectivity index (χ0n) is 13.3. The number of carbonyl (C=O) groups excluding carboxylic acids is 1. The van der Waals surface area contributed by atoms with Crippen LogP contribution < -0.4 is 5.32 Å². The van der Waals surface area contributed by atoms with Crippen molar-refractivity contribution in [1.82, 2.24) is 19.9 Å². The smallest absolute Gasteiger partial charge is 0.318 e. The van der Waals surface area contributed by atoms with Crippen molar-refractivity contribution in [2.75, 3.05) is 6.54 Å². The van der Waals surface area contributed by atoms with Crippen LogP contribution >= 0.6 is 0 Å². The summed E-state index contributed by atoms with van der Waals surface area (Å²) >= 11 is 0. The minimum Gasteiger partial charge on any atom is -0.359 e. The molecule has 22 heavy (non-hydrogen) atoms. The van der Waals surface area contributed by atoms with Crippen molar-refractivity contribution in [3.63, 3.8) is 0 Å². The summed E-state index contributed by atoms with van der Waals surface area (Å²) in [5, 5.41) is 6.93. The molecular weight excluding hydrogens is 280 g/mol. The summed E-state index contributed by atoms with van der Waals surface area (Å²) < 4.78 is 7.42. The largest absolute Gasteiger partial charge is 0.359 e. The number of aromatic nitrogens is 2. The molecule has 0 bridgehead atoms. The summed E-state index contributed by atoms with van der Waals surface area (Å²) in [4.78, 5) is 14.3. The van der Waals surface area contributed by atoms with Crippen molar-refractivity contribution in [3.05, 3.63) is 41.0 Å². The van der Waals surface area contributed by atoms with Crippen molar-refractivity contribution in [3.8, 4) is 0 Å². The van der Waals surface area contributed by atoms with Gasteiger partial charge >= 0.3 is 6.03 Å². The third kappa shape index (κ3) is 2.73. The average Bonchev–Trinajstić information content (AvgIpc) is 3.19. The molecule has 0 aromatic carbocycles. The number of urea groups is 1. The molecule has 1 unspecified atom stereocenters. The first-order valence-corrected chi connectivity index (χ1v) is 7.65. The predicted molar refractivity (Wildman–Crippen MR) is 82.3 cm³/mol. The van der Waals surface area contributed by atoms with Gasteiger partial charge < -0.3 is 19.3 Å². The van der Waals surface area contributed by atoms with E-state index in [9.17, 15) is 4.79 Å². The van der Waals surface area contributed by atoms with Crippen molar-refractivity contribution in [2.45, 2.75) is 39.3 Å². The van der Waals surface area contributed by atoms with Crippen LogP contribution in [0.2, 0.25) is 0 Å². The van der Waals surface area contributed by atoms with Crippen molar-refractivity contribution >= 4 is 6.03 Å².